The molecule has 1 aromatic heterocycles. The van der Waals surface area contributed by atoms with Crippen LogP contribution in [0.1, 0.15) is 53.5 Å². The number of hydrogen-bond acceptors (Lipinski definition) is 8. The monoisotopic (exact) mass is 434 g/mol. The molecule has 2 aliphatic rings. The molecule has 2 fully saturated rings. The van der Waals surface area contributed by atoms with Crippen LogP contribution in [-0.4, -0.2) is 55.5 Å². The van der Waals surface area contributed by atoms with Gasteiger partial charge in [-0.1, -0.05) is 12.1 Å². The summed E-state index contributed by atoms with van der Waals surface area (Å²) in [7, 11) is -2.44. The normalized spacial score (nSPS) is 21.8. The molecule has 1 aromatic carbocycles. The van der Waals surface area contributed by atoms with Crippen molar-refractivity contribution in [1.29, 1.82) is 0 Å². The summed E-state index contributed by atoms with van der Waals surface area (Å²) in [6.45, 7) is 2.00. The molecule has 10 heteroatoms. The topological polar surface area (TPSA) is 112 Å². The number of esters is 1. The smallest absolute Gasteiger partial charge is 0.337 e. The molecule has 2 aliphatic heterocycles. The molecule has 2 saturated heterocycles. The molecule has 0 bridgehead atoms. The van der Waals surface area contributed by atoms with Crippen molar-refractivity contribution in [2.24, 2.45) is 0 Å². The molecule has 2 unspecified atom stereocenters. The van der Waals surface area contributed by atoms with E-state index in [0.717, 1.165) is 32.2 Å². The van der Waals surface area contributed by atoms with E-state index in [0.29, 0.717) is 30.1 Å². The third-order valence-corrected chi connectivity index (χ3v) is 7.11. The Bertz CT molecular complexity index is 991. The van der Waals surface area contributed by atoms with Crippen molar-refractivity contribution >= 4 is 15.8 Å². The molecule has 0 spiro atoms. The van der Waals surface area contributed by atoms with Gasteiger partial charge in [0.15, 0.2) is 5.82 Å². The molecule has 2 aromatic rings. The standard InChI is InChI=1S/C20H26N4O5S/c1-28-19(25)15-8-6-14(7-9-15)13-30(26,27)20-23-22-18(17-5-2-10-21-17)24(20)12-16-4-3-11-29-16/h6-9,16-17,21H,2-5,10-13H2,1H3. The summed E-state index contributed by atoms with van der Waals surface area (Å²) in [6.07, 6.45) is 3.75. The van der Waals surface area contributed by atoms with E-state index in [1.54, 1.807) is 28.8 Å². The van der Waals surface area contributed by atoms with Gasteiger partial charge in [-0.05, 0) is 49.9 Å². The van der Waals surface area contributed by atoms with E-state index in [-0.39, 0.29) is 23.1 Å². The molecular formula is C20H26N4O5S. The molecule has 0 radical (unpaired) electrons. The summed E-state index contributed by atoms with van der Waals surface area (Å²) in [5, 5.41) is 11.7. The van der Waals surface area contributed by atoms with E-state index < -0.39 is 15.8 Å². The second kappa shape index (κ2) is 8.83. The molecule has 9 nitrogen and oxygen atoms in total. The maximum absolute atomic E-state index is 13.2. The second-order valence-corrected chi connectivity index (χ2v) is 9.57. The Labute approximate surface area is 175 Å². The van der Waals surface area contributed by atoms with Gasteiger partial charge >= 0.3 is 5.97 Å². The summed E-state index contributed by atoms with van der Waals surface area (Å²) in [5.74, 6) is -0.0343. The van der Waals surface area contributed by atoms with Gasteiger partial charge in [-0.15, -0.1) is 10.2 Å². The first-order valence-corrected chi connectivity index (χ1v) is 11.8. The van der Waals surface area contributed by atoms with Crippen LogP contribution in [0.4, 0.5) is 0 Å². The number of rotatable bonds is 7. The van der Waals surface area contributed by atoms with Crippen molar-refractivity contribution in [1.82, 2.24) is 20.1 Å². The second-order valence-electron chi connectivity index (χ2n) is 7.68. The lowest BCUT2D eigenvalue weighted by Gasteiger charge is -2.17. The highest BCUT2D eigenvalue weighted by molar-refractivity contribution is 7.90. The predicted octanol–water partition coefficient (Wildman–Crippen LogP) is 1.64. The summed E-state index contributed by atoms with van der Waals surface area (Å²) in [4.78, 5) is 11.6. The lowest BCUT2D eigenvalue weighted by Crippen LogP contribution is -2.25. The molecule has 3 heterocycles. The molecule has 162 valence electrons. The van der Waals surface area contributed by atoms with Crippen molar-refractivity contribution < 1.29 is 22.7 Å². The molecule has 2 atom stereocenters. The average Bonchev–Trinajstić information content (AvgIpc) is 3.50. The summed E-state index contributed by atoms with van der Waals surface area (Å²) in [6, 6.07) is 6.35. The van der Waals surface area contributed by atoms with Gasteiger partial charge < -0.3 is 14.8 Å². The quantitative estimate of drug-likeness (QED) is 0.655. The minimum atomic E-state index is -3.74. The first-order valence-electron chi connectivity index (χ1n) is 10.2. The minimum absolute atomic E-state index is 0.00203. The van der Waals surface area contributed by atoms with Gasteiger partial charge in [0, 0.05) is 6.61 Å². The van der Waals surface area contributed by atoms with Gasteiger partial charge in [0.2, 0.25) is 15.0 Å². The number of ether oxygens (including phenoxy) is 2. The number of benzene rings is 1. The van der Waals surface area contributed by atoms with Gasteiger partial charge in [0.05, 0.1) is 37.1 Å². The van der Waals surface area contributed by atoms with Gasteiger partial charge in [-0.3, -0.25) is 4.57 Å². The van der Waals surface area contributed by atoms with Crippen molar-refractivity contribution in [3.8, 4) is 0 Å². The zero-order valence-corrected chi connectivity index (χ0v) is 17.7. The Morgan fingerprint density at radius 2 is 2.03 bits per heavy atom. The van der Waals surface area contributed by atoms with Crippen molar-refractivity contribution in [2.45, 2.75) is 55.3 Å². The highest BCUT2D eigenvalue weighted by Gasteiger charge is 2.31. The maximum Gasteiger partial charge on any atom is 0.337 e. The van der Waals surface area contributed by atoms with Crippen LogP contribution in [0.2, 0.25) is 0 Å². The third-order valence-electron chi connectivity index (χ3n) is 5.54. The third kappa shape index (κ3) is 4.40. The molecule has 0 saturated carbocycles. The van der Waals surface area contributed by atoms with Gasteiger partial charge in [-0.25, -0.2) is 13.2 Å². The Balaban J connectivity index is 1.61. The van der Waals surface area contributed by atoms with Gasteiger partial charge in [0.25, 0.3) is 0 Å². The van der Waals surface area contributed by atoms with E-state index >= 15 is 0 Å². The Morgan fingerprint density at radius 3 is 2.67 bits per heavy atom. The van der Waals surface area contributed by atoms with Crippen molar-refractivity contribution in [2.75, 3.05) is 20.3 Å². The molecule has 1 N–H and O–H groups in total. The van der Waals surface area contributed by atoms with E-state index in [1.807, 2.05) is 0 Å². The largest absolute Gasteiger partial charge is 0.465 e. The van der Waals surface area contributed by atoms with Gasteiger partial charge in [-0.2, -0.15) is 0 Å². The Hall–Kier alpha value is -2.30. The van der Waals surface area contributed by atoms with Crippen LogP contribution in [-0.2, 0) is 31.6 Å². The van der Waals surface area contributed by atoms with Crippen LogP contribution < -0.4 is 5.32 Å². The number of carbonyl (C=O) groups excluding carboxylic acids is 1. The number of carbonyl (C=O) groups is 1. The van der Waals surface area contributed by atoms with Crippen LogP contribution in [0, 0.1) is 0 Å². The highest BCUT2D eigenvalue weighted by atomic mass is 32.2. The number of aromatic nitrogens is 3. The van der Waals surface area contributed by atoms with Crippen LogP contribution in [0.25, 0.3) is 0 Å². The van der Waals surface area contributed by atoms with Crippen LogP contribution >= 0.6 is 0 Å². The van der Waals surface area contributed by atoms with Crippen LogP contribution in [0.3, 0.4) is 0 Å². The fourth-order valence-corrected chi connectivity index (χ4v) is 5.42. The zero-order valence-electron chi connectivity index (χ0n) is 16.9. The number of nitrogens with one attached hydrogen (secondary N) is 1. The Morgan fingerprint density at radius 1 is 1.23 bits per heavy atom. The molecule has 30 heavy (non-hydrogen) atoms. The first-order chi connectivity index (χ1) is 14.5. The number of hydrogen-bond donors (Lipinski definition) is 1. The van der Waals surface area contributed by atoms with E-state index in [9.17, 15) is 13.2 Å². The minimum Gasteiger partial charge on any atom is -0.465 e. The van der Waals surface area contributed by atoms with Crippen molar-refractivity contribution in [3.05, 3.63) is 41.2 Å². The van der Waals surface area contributed by atoms with Crippen LogP contribution in [0.5, 0.6) is 0 Å². The lowest BCUT2D eigenvalue weighted by molar-refractivity contribution is 0.0600. The lowest BCUT2D eigenvalue weighted by atomic mass is 10.1. The van der Waals surface area contributed by atoms with E-state index in [4.69, 9.17) is 4.74 Å². The summed E-state index contributed by atoms with van der Waals surface area (Å²) >= 11 is 0. The fourth-order valence-electron chi connectivity index (χ4n) is 4.00. The summed E-state index contributed by atoms with van der Waals surface area (Å²) < 4.78 is 38.6. The number of sulfone groups is 1. The van der Waals surface area contributed by atoms with E-state index in [1.165, 1.54) is 7.11 Å². The number of methoxy groups -OCH3 is 1. The predicted molar refractivity (Wildman–Crippen MR) is 108 cm³/mol. The summed E-state index contributed by atoms with van der Waals surface area (Å²) in [5.41, 5.74) is 0.935. The highest BCUT2D eigenvalue weighted by Crippen LogP contribution is 2.27. The number of nitrogens with zero attached hydrogens (tertiary/aromatic N) is 3. The average molecular weight is 435 g/mol. The first kappa shape index (κ1) is 21.0. The van der Waals surface area contributed by atoms with Crippen LogP contribution in [0.15, 0.2) is 29.4 Å². The fraction of sp³-hybridized carbons (Fsp3) is 0.550. The molecule has 0 amide bonds. The molecule has 4 rings (SSSR count). The molecule has 0 aliphatic carbocycles. The maximum atomic E-state index is 13.2. The molecular weight excluding hydrogens is 408 g/mol. The zero-order chi connectivity index (χ0) is 21.1. The van der Waals surface area contributed by atoms with E-state index in [2.05, 4.69) is 20.3 Å². The van der Waals surface area contributed by atoms with Crippen molar-refractivity contribution in [3.63, 3.8) is 0 Å². The SMILES string of the molecule is COC(=O)c1ccc(CS(=O)(=O)c2nnc(C3CCCN3)n2CC2CCCO2)cc1. The Kier molecular flexibility index (Phi) is 6.16. The van der Waals surface area contributed by atoms with Gasteiger partial charge in [0.1, 0.15) is 0 Å².